The predicted octanol–water partition coefficient (Wildman–Crippen LogP) is 4.69. The molecular formula is C24H23FN2O4. The van der Waals surface area contributed by atoms with E-state index in [1.165, 1.54) is 24.3 Å². The van der Waals surface area contributed by atoms with Crippen molar-refractivity contribution in [2.75, 3.05) is 11.9 Å². The lowest BCUT2D eigenvalue weighted by Gasteiger charge is -2.09. The first kappa shape index (κ1) is 22.0. The molecule has 1 amide bonds. The van der Waals surface area contributed by atoms with Gasteiger partial charge in [-0.3, -0.25) is 9.59 Å². The summed E-state index contributed by atoms with van der Waals surface area (Å²) in [7, 11) is 0. The number of ether oxygens (including phenoxy) is 1. The zero-order valence-electron chi connectivity index (χ0n) is 17.5. The van der Waals surface area contributed by atoms with Gasteiger partial charge in [-0.15, -0.1) is 0 Å². The summed E-state index contributed by atoms with van der Waals surface area (Å²) in [4.78, 5) is 41.1. The molecule has 0 radical (unpaired) electrons. The number of ketones is 1. The van der Waals surface area contributed by atoms with E-state index in [0.29, 0.717) is 16.9 Å². The summed E-state index contributed by atoms with van der Waals surface area (Å²) in [6.07, 6.45) is 0.854. The van der Waals surface area contributed by atoms with E-state index >= 15 is 0 Å². The van der Waals surface area contributed by atoms with Crippen molar-refractivity contribution in [3.05, 3.63) is 76.9 Å². The Morgan fingerprint density at radius 2 is 1.65 bits per heavy atom. The molecule has 0 bridgehead atoms. The van der Waals surface area contributed by atoms with Gasteiger partial charge >= 0.3 is 5.97 Å². The molecule has 0 aliphatic carbocycles. The second-order valence-electron chi connectivity index (χ2n) is 6.94. The van der Waals surface area contributed by atoms with Crippen molar-refractivity contribution in [2.45, 2.75) is 27.2 Å². The minimum atomic E-state index is -0.857. The van der Waals surface area contributed by atoms with Crippen molar-refractivity contribution in [3.8, 4) is 11.1 Å². The van der Waals surface area contributed by atoms with E-state index in [4.69, 9.17) is 4.74 Å². The summed E-state index contributed by atoms with van der Waals surface area (Å²) >= 11 is 0. The van der Waals surface area contributed by atoms with Crippen LogP contribution in [0.4, 0.5) is 10.1 Å². The van der Waals surface area contributed by atoms with Gasteiger partial charge in [0.15, 0.2) is 0 Å². The van der Waals surface area contributed by atoms with Crippen LogP contribution in [0.25, 0.3) is 11.1 Å². The molecule has 3 aromatic rings. The third-order valence-electron chi connectivity index (χ3n) is 4.85. The number of aromatic amines is 1. The zero-order chi connectivity index (χ0) is 22.5. The maximum absolute atomic E-state index is 13.4. The predicted molar refractivity (Wildman–Crippen MR) is 116 cm³/mol. The number of hydrogen-bond donors (Lipinski definition) is 2. The molecule has 7 heteroatoms. The summed E-state index contributed by atoms with van der Waals surface area (Å²) in [5.41, 5.74) is 2.65. The fraction of sp³-hybridized carbons (Fsp3) is 0.208. The van der Waals surface area contributed by atoms with Gasteiger partial charge in [0.1, 0.15) is 11.5 Å². The molecule has 0 unspecified atom stereocenters. The van der Waals surface area contributed by atoms with Gasteiger partial charge in [0.05, 0.1) is 12.2 Å². The molecule has 3 rings (SSSR count). The number of amides is 1. The lowest BCUT2D eigenvalue weighted by molar-refractivity contribution is -0.112. The van der Waals surface area contributed by atoms with Crippen LogP contribution in [0.15, 0.2) is 48.5 Å². The largest absolute Gasteiger partial charge is 0.462 e. The van der Waals surface area contributed by atoms with Crippen molar-refractivity contribution in [3.63, 3.8) is 0 Å². The molecule has 6 nitrogen and oxygen atoms in total. The summed E-state index contributed by atoms with van der Waals surface area (Å²) in [6.45, 7) is 5.44. The molecule has 0 saturated heterocycles. The van der Waals surface area contributed by atoms with Crippen LogP contribution < -0.4 is 5.32 Å². The molecule has 31 heavy (non-hydrogen) atoms. The number of esters is 1. The summed E-state index contributed by atoms with van der Waals surface area (Å²) in [5.74, 6) is -2.80. The van der Waals surface area contributed by atoms with Crippen molar-refractivity contribution < 1.29 is 23.5 Å². The van der Waals surface area contributed by atoms with E-state index in [2.05, 4.69) is 10.3 Å². The molecule has 0 saturated carbocycles. The molecule has 0 aliphatic rings. The highest BCUT2D eigenvalue weighted by atomic mass is 19.1. The fourth-order valence-corrected chi connectivity index (χ4v) is 3.28. The topological polar surface area (TPSA) is 88.3 Å². The van der Waals surface area contributed by atoms with E-state index in [1.54, 1.807) is 26.0 Å². The number of Topliss-reactive ketones (excluding diaryl/α,β-unsaturated/α-hetero) is 1. The summed E-state index contributed by atoms with van der Waals surface area (Å²) in [5, 5.41) is 2.58. The fourth-order valence-electron chi connectivity index (χ4n) is 3.28. The van der Waals surface area contributed by atoms with Crippen LogP contribution in [0.1, 0.15) is 46.0 Å². The minimum absolute atomic E-state index is 0.0603. The highest BCUT2D eigenvalue weighted by Gasteiger charge is 2.29. The van der Waals surface area contributed by atoms with Gasteiger partial charge < -0.3 is 15.0 Å². The summed E-state index contributed by atoms with van der Waals surface area (Å²) < 4.78 is 18.6. The average Bonchev–Trinajstić information content (AvgIpc) is 3.11. The lowest BCUT2D eigenvalue weighted by Crippen LogP contribution is -2.24. The van der Waals surface area contributed by atoms with Crippen LogP contribution in [0.5, 0.6) is 0 Å². The van der Waals surface area contributed by atoms with Gasteiger partial charge in [0.2, 0.25) is 0 Å². The van der Waals surface area contributed by atoms with Crippen LogP contribution in [0.2, 0.25) is 0 Å². The number of halogens is 1. The Bertz CT molecular complexity index is 1120. The molecule has 1 heterocycles. The first-order valence-electron chi connectivity index (χ1n) is 9.95. The van der Waals surface area contributed by atoms with Crippen molar-refractivity contribution >= 4 is 23.3 Å². The van der Waals surface area contributed by atoms with Gasteiger partial charge in [-0.1, -0.05) is 31.2 Å². The van der Waals surface area contributed by atoms with Crippen LogP contribution >= 0.6 is 0 Å². The number of carbonyl (C=O) groups excluding carboxylic acids is 3. The second kappa shape index (κ2) is 9.38. The molecule has 2 N–H and O–H groups in total. The monoisotopic (exact) mass is 422 g/mol. The van der Waals surface area contributed by atoms with E-state index in [0.717, 1.165) is 12.0 Å². The third kappa shape index (κ3) is 4.71. The second-order valence-corrected chi connectivity index (χ2v) is 6.94. The number of nitrogens with one attached hydrogen (secondary N) is 2. The minimum Gasteiger partial charge on any atom is -0.462 e. The first-order chi connectivity index (χ1) is 14.8. The molecule has 1 aromatic heterocycles. The number of benzene rings is 2. The maximum atomic E-state index is 13.4. The number of aryl methyl sites for hydroxylation is 2. The van der Waals surface area contributed by atoms with Gasteiger partial charge in [-0.2, -0.15) is 0 Å². The molecule has 0 spiro atoms. The highest BCUT2D eigenvalue weighted by molar-refractivity contribution is 6.47. The SMILES string of the molecule is CCOC(=O)c1c(C)[nH]c(C(=O)C(=O)Nc2ccc(CC)cc2)c1-c1ccc(F)cc1. The van der Waals surface area contributed by atoms with Gasteiger partial charge in [0.25, 0.3) is 11.7 Å². The van der Waals surface area contributed by atoms with Crippen molar-refractivity contribution in [1.29, 1.82) is 0 Å². The van der Waals surface area contributed by atoms with Gasteiger partial charge in [-0.25, -0.2) is 9.18 Å². The third-order valence-corrected chi connectivity index (χ3v) is 4.85. The molecule has 2 aromatic carbocycles. The number of carbonyl (C=O) groups is 3. The number of H-pyrrole nitrogens is 1. The van der Waals surface area contributed by atoms with Crippen LogP contribution in [0, 0.1) is 12.7 Å². The van der Waals surface area contributed by atoms with Gasteiger partial charge in [0, 0.05) is 16.9 Å². The molecule has 0 fully saturated rings. The Kier molecular flexibility index (Phi) is 6.65. The number of hydrogen-bond acceptors (Lipinski definition) is 4. The van der Waals surface area contributed by atoms with E-state index in [9.17, 15) is 18.8 Å². The Hall–Kier alpha value is -3.74. The Morgan fingerprint density at radius 3 is 2.23 bits per heavy atom. The lowest BCUT2D eigenvalue weighted by atomic mass is 9.98. The Morgan fingerprint density at radius 1 is 1.00 bits per heavy atom. The smallest absolute Gasteiger partial charge is 0.340 e. The van der Waals surface area contributed by atoms with Gasteiger partial charge in [-0.05, 0) is 55.7 Å². The molecular weight excluding hydrogens is 399 g/mol. The van der Waals surface area contributed by atoms with Crippen LogP contribution in [0.3, 0.4) is 0 Å². The van der Waals surface area contributed by atoms with E-state index in [-0.39, 0.29) is 23.4 Å². The Labute approximate surface area is 179 Å². The Balaban J connectivity index is 2.01. The quantitative estimate of drug-likeness (QED) is 0.328. The number of rotatable bonds is 7. The molecule has 0 atom stereocenters. The first-order valence-corrected chi connectivity index (χ1v) is 9.95. The van der Waals surface area contributed by atoms with Crippen LogP contribution in [-0.2, 0) is 16.0 Å². The average molecular weight is 422 g/mol. The zero-order valence-corrected chi connectivity index (χ0v) is 17.5. The van der Waals surface area contributed by atoms with Crippen molar-refractivity contribution in [1.82, 2.24) is 4.98 Å². The summed E-state index contributed by atoms with van der Waals surface area (Å²) in [6, 6.07) is 12.5. The molecule has 0 aliphatic heterocycles. The normalized spacial score (nSPS) is 10.6. The maximum Gasteiger partial charge on any atom is 0.340 e. The molecule has 160 valence electrons. The highest BCUT2D eigenvalue weighted by Crippen LogP contribution is 2.32. The van der Waals surface area contributed by atoms with Crippen LogP contribution in [-0.4, -0.2) is 29.3 Å². The standard InChI is InChI=1S/C24H23FN2O4/c1-4-15-6-12-18(13-7-15)27-23(29)22(28)21-20(16-8-10-17(25)11-9-16)19(14(3)26-21)24(30)31-5-2/h6-13,26H,4-5H2,1-3H3,(H,27,29). The van der Waals surface area contributed by atoms with Crippen molar-refractivity contribution in [2.24, 2.45) is 0 Å². The van der Waals surface area contributed by atoms with E-state index in [1.807, 2.05) is 19.1 Å². The number of aromatic nitrogens is 1. The van der Waals surface area contributed by atoms with E-state index < -0.39 is 23.5 Å². The number of anilines is 1.